The first-order chi connectivity index (χ1) is 13.4. The van der Waals surface area contributed by atoms with Crippen molar-refractivity contribution < 1.29 is 9.53 Å². The van der Waals surface area contributed by atoms with Gasteiger partial charge in [-0.25, -0.2) is 4.98 Å². The minimum atomic E-state index is -0.228. The predicted molar refractivity (Wildman–Crippen MR) is 112 cm³/mol. The largest absolute Gasteiger partial charge is 0.378 e. The minimum absolute atomic E-state index is 0.167. The summed E-state index contributed by atoms with van der Waals surface area (Å²) in [5.74, 6) is 1.46. The topological polar surface area (TPSA) is 85.2 Å². The van der Waals surface area contributed by atoms with E-state index in [0.29, 0.717) is 34.3 Å². The van der Waals surface area contributed by atoms with E-state index in [-0.39, 0.29) is 17.5 Å². The van der Waals surface area contributed by atoms with Gasteiger partial charge in [-0.2, -0.15) is 0 Å². The van der Waals surface area contributed by atoms with Crippen LogP contribution in [0.4, 0.5) is 11.8 Å². The van der Waals surface area contributed by atoms with Crippen LogP contribution in [0.1, 0.15) is 13.8 Å². The zero-order valence-electron chi connectivity index (χ0n) is 15.7. The second-order valence-electron chi connectivity index (χ2n) is 6.71. The Bertz CT molecular complexity index is 826. The van der Waals surface area contributed by atoms with Crippen LogP contribution in [-0.2, 0) is 16.1 Å². The predicted octanol–water partition coefficient (Wildman–Crippen LogP) is 3.20. The number of ether oxygens (including phenoxy) is 1. The van der Waals surface area contributed by atoms with E-state index >= 15 is 0 Å². The quantitative estimate of drug-likeness (QED) is 0.655. The van der Waals surface area contributed by atoms with Gasteiger partial charge in [0.05, 0.1) is 29.0 Å². The molecule has 0 atom stereocenters. The number of carbonyl (C=O) groups is 1. The van der Waals surface area contributed by atoms with Gasteiger partial charge in [0, 0.05) is 25.8 Å². The number of carbonyl (C=O) groups excluding carboxylic acids is 1. The standard InChI is InChI=1S/C17H22Cl2N6O2S/c1-11(2)9-25-16(24-3-5-27-6-4-24)22-23-17(25)28-10-14(26)21-15-13(19)7-12(18)8-20-15/h7-8,11H,3-6,9-10H2,1-2H3,(H,20,21,26). The van der Waals surface area contributed by atoms with Crippen LogP contribution in [0.2, 0.25) is 10.0 Å². The minimum Gasteiger partial charge on any atom is -0.378 e. The summed E-state index contributed by atoms with van der Waals surface area (Å²) in [5.41, 5.74) is 0. The second kappa shape index (κ2) is 9.78. The highest BCUT2D eigenvalue weighted by atomic mass is 35.5. The Balaban J connectivity index is 1.67. The lowest BCUT2D eigenvalue weighted by Crippen LogP contribution is -2.38. The van der Waals surface area contributed by atoms with Crippen molar-refractivity contribution in [2.75, 3.05) is 42.3 Å². The van der Waals surface area contributed by atoms with Crippen molar-refractivity contribution in [2.45, 2.75) is 25.5 Å². The molecule has 11 heteroatoms. The lowest BCUT2D eigenvalue weighted by atomic mass is 10.2. The normalized spacial score (nSPS) is 14.5. The fraction of sp³-hybridized carbons (Fsp3) is 0.529. The first-order valence-electron chi connectivity index (χ1n) is 8.93. The number of morpholine rings is 1. The van der Waals surface area contributed by atoms with Crippen LogP contribution in [0, 0.1) is 5.92 Å². The molecule has 1 N–H and O–H groups in total. The zero-order chi connectivity index (χ0) is 20.1. The van der Waals surface area contributed by atoms with Gasteiger partial charge in [0.25, 0.3) is 0 Å². The molecule has 1 aliphatic heterocycles. The lowest BCUT2D eigenvalue weighted by Gasteiger charge is -2.28. The Hall–Kier alpha value is -1.55. The molecule has 0 unspecified atom stereocenters. The van der Waals surface area contributed by atoms with Crippen molar-refractivity contribution in [1.29, 1.82) is 0 Å². The molecular weight excluding hydrogens is 423 g/mol. The number of halogens is 2. The fourth-order valence-electron chi connectivity index (χ4n) is 2.71. The number of rotatable bonds is 7. The van der Waals surface area contributed by atoms with Crippen molar-refractivity contribution >= 4 is 52.6 Å². The molecule has 8 nitrogen and oxygen atoms in total. The summed E-state index contributed by atoms with van der Waals surface area (Å²) in [6.07, 6.45) is 1.43. The molecular formula is C17H22Cl2N6O2S. The van der Waals surface area contributed by atoms with E-state index in [1.54, 1.807) is 0 Å². The molecule has 3 heterocycles. The zero-order valence-corrected chi connectivity index (χ0v) is 18.0. The van der Waals surface area contributed by atoms with Crippen LogP contribution in [-0.4, -0.2) is 57.7 Å². The summed E-state index contributed by atoms with van der Waals surface area (Å²) in [6, 6.07) is 1.53. The number of pyridine rings is 1. The number of thioether (sulfide) groups is 1. The first-order valence-corrected chi connectivity index (χ1v) is 10.7. The van der Waals surface area contributed by atoms with Gasteiger partial charge in [0.2, 0.25) is 11.9 Å². The third-order valence-corrected chi connectivity index (χ3v) is 5.40. The highest BCUT2D eigenvalue weighted by Crippen LogP contribution is 2.26. The Morgan fingerprint density at radius 1 is 1.32 bits per heavy atom. The monoisotopic (exact) mass is 444 g/mol. The molecule has 0 bridgehead atoms. The maximum atomic E-state index is 12.3. The third-order valence-electron chi connectivity index (χ3n) is 3.94. The highest BCUT2D eigenvalue weighted by Gasteiger charge is 2.22. The molecule has 2 aromatic rings. The van der Waals surface area contributed by atoms with Gasteiger partial charge < -0.3 is 15.0 Å². The van der Waals surface area contributed by atoms with Crippen LogP contribution in [0.15, 0.2) is 17.4 Å². The average molecular weight is 445 g/mol. The molecule has 3 rings (SSSR count). The smallest absolute Gasteiger partial charge is 0.236 e. The summed E-state index contributed by atoms with van der Waals surface area (Å²) in [7, 11) is 0. The molecule has 2 aromatic heterocycles. The summed E-state index contributed by atoms with van der Waals surface area (Å²) in [4.78, 5) is 18.5. The second-order valence-corrected chi connectivity index (χ2v) is 8.49. The molecule has 1 fully saturated rings. The molecule has 0 aromatic carbocycles. The van der Waals surface area contributed by atoms with Gasteiger partial charge in [-0.05, 0) is 12.0 Å². The van der Waals surface area contributed by atoms with Gasteiger partial charge in [-0.1, -0.05) is 48.8 Å². The Kier molecular flexibility index (Phi) is 7.39. The molecule has 0 aliphatic carbocycles. The first kappa shape index (κ1) is 21.2. The summed E-state index contributed by atoms with van der Waals surface area (Å²) in [6.45, 7) is 7.96. The van der Waals surface area contributed by atoms with Crippen molar-refractivity contribution in [2.24, 2.45) is 5.92 Å². The van der Waals surface area contributed by atoms with E-state index in [9.17, 15) is 4.79 Å². The number of aromatic nitrogens is 4. The number of nitrogens with one attached hydrogen (secondary N) is 1. The van der Waals surface area contributed by atoms with Gasteiger partial charge in [0.15, 0.2) is 11.0 Å². The fourth-order valence-corrected chi connectivity index (χ4v) is 3.89. The van der Waals surface area contributed by atoms with E-state index in [2.05, 4.69) is 43.8 Å². The van der Waals surface area contributed by atoms with Crippen LogP contribution < -0.4 is 10.2 Å². The van der Waals surface area contributed by atoms with Crippen LogP contribution in [0.3, 0.4) is 0 Å². The number of hydrogen-bond donors (Lipinski definition) is 1. The van der Waals surface area contributed by atoms with E-state index < -0.39 is 0 Å². The van der Waals surface area contributed by atoms with E-state index in [4.69, 9.17) is 27.9 Å². The summed E-state index contributed by atoms with van der Waals surface area (Å²) in [5, 5.41) is 12.8. The number of nitrogens with zero attached hydrogens (tertiary/aromatic N) is 5. The van der Waals surface area contributed by atoms with Crippen molar-refractivity contribution in [1.82, 2.24) is 19.7 Å². The average Bonchev–Trinajstić information content (AvgIpc) is 3.05. The van der Waals surface area contributed by atoms with E-state index in [1.807, 2.05) is 0 Å². The Labute approximate surface area is 177 Å². The van der Waals surface area contributed by atoms with Crippen molar-refractivity contribution in [3.63, 3.8) is 0 Å². The van der Waals surface area contributed by atoms with Gasteiger partial charge >= 0.3 is 0 Å². The van der Waals surface area contributed by atoms with E-state index in [1.165, 1.54) is 24.0 Å². The summed E-state index contributed by atoms with van der Waals surface area (Å²) < 4.78 is 7.49. The van der Waals surface area contributed by atoms with Crippen molar-refractivity contribution in [3.8, 4) is 0 Å². The lowest BCUT2D eigenvalue weighted by molar-refractivity contribution is -0.113. The number of anilines is 2. The Morgan fingerprint density at radius 2 is 2.07 bits per heavy atom. The van der Waals surface area contributed by atoms with Gasteiger partial charge in [-0.3, -0.25) is 9.36 Å². The molecule has 28 heavy (non-hydrogen) atoms. The number of hydrogen-bond acceptors (Lipinski definition) is 7. The third kappa shape index (κ3) is 5.50. The molecule has 0 radical (unpaired) electrons. The van der Waals surface area contributed by atoms with Crippen LogP contribution in [0.5, 0.6) is 0 Å². The number of amides is 1. The Morgan fingerprint density at radius 3 is 2.75 bits per heavy atom. The maximum Gasteiger partial charge on any atom is 0.236 e. The molecule has 1 aliphatic rings. The summed E-state index contributed by atoms with van der Waals surface area (Å²) >= 11 is 13.2. The van der Waals surface area contributed by atoms with E-state index in [0.717, 1.165) is 25.6 Å². The maximum absolute atomic E-state index is 12.3. The van der Waals surface area contributed by atoms with Gasteiger partial charge in [-0.15, -0.1) is 10.2 Å². The molecule has 1 saturated heterocycles. The van der Waals surface area contributed by atoms with Crippen LogP contribution in [0.25, 0.3) is 0 Å². The highest BCUT2D eigenvalue weighted by molar-refractivity contribution is 7.99. The van der Waals surface area contributed by atoms with Crippen LogP contribution >= 0.6 is 35.0 Å². The SMILES string of the molecule is CC(C)Cn1c(SCC(=O)Nc2ncc(Cl)cc2Cl)nnc1N1CCOCC1. The molecule has 152 valence electrons. The van der Waals surface area contributed by atoms with Gasteiger partial charge in [0.1, 0.15) is 0 Å². The molecule has 0 spiro atoms. The molecule has 1 amide bonds. The molecule has 0 saturated carbocycles. The van der Waals surface area contributed by atoms with Crippen molar-refractivity contribution in [3.05, 3.63) is 22.3 Å².